The second kappa shape index (κ2) is 7.95. The smallest absolute Gasteiger partial charge is 0.255 e. The number of halogens is 1. The largest absolute Gasteiger partial charge is 0.439 e. The highest BCUT2D eigenvalue weighted by atomic mass is 79.9. The Kier molecular flexibility index (Phi) is 5.67. The summed E-state index contributed by atoms with van der Waals surface area (Å²) in [6.45, 7) is 2.64. The van der Waals surface area contributed by atoms with Crippen molar-refractivity contribution in [1.82, 2.24) is 9.88 Å². The summed E-state index contributed by atoms with van der Waals surface area (Å²) in [5, 5.41) is 9.28. The molecule has 1 aromatic carbocycles. The van der Waals surface area contributed by atoms with Crippen LogP contribution in [-0.2, 0) is 4.74 Å². The van der Waals surface area contributed by atoms with E-state index in [1.165, 1.54) is 6.20 Å². The van der Waals surface area contributed by atoms with Gasteiger partial charge in [-0.1, -0.05) is 15.9 Å². The van der Waals surface area contributed by atoms with Crippen LogP contribution >= 0.6 is 15.9 Å². The molecule has 1 aromatic heterocycles. The molecule has 0 saturated carbocycles. The van der Waals surface area contributed by atoms with Gasteiger partial charge < -0.3 is 19.5 Å². The number of carbonyl (C=O) groups excluding carboxylic acids is 1. The number of ether oxygens (including phenoxy) is 2. The monoisotopic (exact) mass is 406 g/mol. The molecule has 2 atom stereocenters. The third-order valence-electron chi connectivity index (χ3n) is 3.84. The second-order valence-electron chi connectivity index (χ2n) is 5.90. The third-order valence-corrected chi connectivity index (χ3v) is 4.37. The van der Waals surface area contributed by atoms with Crippen molar-refractivity contribution in [2.75, 3.05) is 19.7 Å². The first-order valence-electron chi connectivity index (χ1n) is 8.00. The Bertz CT molecular complexity index is 721. The predicted molar refractivity (Wildman–Crippen MR) is 95.8 cm³/mol. The lowest BCUT2D eigenvalue weighted by atomic mass is 10.2. The Morgan fingerprint density at radius 2 is 2.08 bits per heavy atom. The summed E-state index contributed by atoms with van der Waals surface area (Å²) in [7, 11) is 0. The summed E-state index contributed by atoms with van der Waals surface area (Å²) < 4.78 is 12.2. The van der Waals surface area contributed by atoms with Crippen molar-refractivity contribution in [3.63, 3.8) is 0 Å². The van der Waals surface area contributed by atoms with E-state index in [0.717, 1.165) is 4.47 Å². The van der Waals surface area contributed by atoms with E-state index in [2.05, 4.69) is 20.9 Å². The van der Waals surface area contributed by atoms with Crippen LogP contribution in [0.15, 0.2) is 47.1 Å². The molecule has 6 nitrogen and oxygen atoms in total. The van der Waals surface area contributed by atoms with Gasteiger partial charge in [-0.15, -0.1) is 0 Å². The number of aromatic nitrogens is 1. The number of hydrogen-bond donors (Lipinski definition) is 1. The number of carbonyl (C=O) groups is 1. The van der Waals surface area contributed by atoms with E-state index >= 15 is 0 Å². The molecule has 0 aliphatic carbocycles. The number of morpholine rings is 1. The van der Waals surface area contributed by atoms with E-state index in [1.807, 2.05) is 31.2 Å². The molecule has 1 aliphatic rings. The van der Waals surface area contributed by atoms with Crippen molar-refractivity contribution >= 4 is 21.8 Å². The molecule has 0 radical (unpaired) electrons. The summed E-state index contributed by atoms with van der Waals surface area (Å²) in [4.78, 5) is 18.5. The third kappa shape index (κ3) is 4.56. The number of nitrogens with zero attached hydrogens (tertiary/aromatic N) is 2. The maximum Gasteiger partial charge on any atom is 0.255 e. The van der Waals surface area contributed by atoms with Crippen molar-refractivity contribution in [2.45, 2.75) is 19.1 Å². The van der Waals surface area contributed by atoms with E-state index in [9.17, 15) is 9.90 Å². The van der Waals surface area contributed by atoms with Crippen molar-refractivity contribution < 1.29 is 19.4 Å². The number of rotatable bonds is 4. The minimum atomic E-state index is -0.347. The molecule has 2 unspecified atom stereocenters. The van der Waals surface area contributed by atoms with Gasteiger partial charge in [0.15, 0.2) is 0 Å². The molecule has 1 aliphatic heterocycles. The summed E-state index contributed by atoms with van der Waals surface area (Å²) >= 11 is 3.37. The highest BCUT2D eigenvalue weighted by Gasteiger charge is 2.28. The molecule has 0 bridgehead atoms. The zero-order chi connectivity index (χ0) is 17.8. The van der Waals surface area contributed by atoms with Gasteiger partial charge in [0.25, 0.3) is 5.91 Å². The van der Waals surface area contributed by atoms with Crippen molar-refractivity contribution in [1.29, 1.82) is 0 Å². The van der Waals surface area contributed by atoms with E-state index in [4.69, 9.17) is 9.47 Å². The topological polar surface area (TPSA) is 71.9 Å². The fraction of sp³-hybridized carbons (Fsp3) is 0.333. The average Bonchev–Trinajstić information content (AvgIpc) is 2.63. The molecule has 25 heavy (non-hydrogen) atoms. The van der Waals surface area contributed by atoms with Crippen LogP contribution < -0.4 is 4.74 Å². The minimum Gasteiger partial charge on any atom is -0.439 e. The van der Waals surface area contributed by atoms with Gasteiger partial charge in [-0.2, -0.15) is 0 Å². The molecule has 1 N–H and O–H groups in total. The number of amides is 1. The van der Waals surface area contributed by atoms with Gasteiger partial charge >= 0.3 is 0 Å². The van der Waals surface area contributed by atoms with Crippen LogP contribution in [0.5, 0.6) is 11.6 Å². The van der Waals surface area contributed by atoms with Gasteiger partial charge in [0.05, 0.1) is 24.4 Å². The normalized spacial score (nSPS) is 20.4. The predicted octanol–water partition coefficient (Wildman–Crippen LogP) is 2.86. The number of benzene rings is 1. The Balaban J connectivity index is 1.67. The minimum absolute atomic E-state index is 0.105. The zero-order valence-electron chi connectivity index (χ0n) is 13.8. The lowest BCUT2D eigenvalue weighted by Crippen LogP contribution is -2.50. The van der Waals surface area contributed by atoms with Crippen LogP contribution in [0.3, 0.4) is 0 Å². The van der Waals surface area contributed by atoms with Crippen LogP contribution in [0.4, 0.5) is 0 Å². The van der Waals surface area contributed by atoms with Gasteiger partial charge in [-0.05, 0) is 37.3 Å². The summed E-state index contributed by atoms with van der Waals surface area (Å²) in [6, 6.07) is 10.8. The highest BCUT2D eigenvalue weighted by molar-refractivity contribution is 9.10. The maximum absolute atomic E-state index is 12.6. The Morgan fingerprint density at radius 1 is 1.32 bits per heavy atom. The lowest BCUT2D eigenvalue weighted by molar-refractivity contribution is -0.0858. The van der Waals surface area contributed by atoms with E-state index in [0.29, 0.717) is 30.3 Å². The second-order valence-corrected chi connectivity index (χ2v) is 6.82. The first-order valence-corrected chi connectivity index (χ1v) is 8.79. The Labute approximate surface area is 154 Å². The van der Waals surface area contributed by atoms with Crippen LogP contribution in [0.25, 0.3) is 0 Å². The standard InChI is InChI=1S/C18H19BrN2O4/c1-12-9-21(10-16(11-22)24-12)18(23)13-2-7-17(20-8-13)25-15-5-3-14(19)4-6-15/h2-8,12,16,22H,9-11H2,1H3. The summed E-state index contributed by atoms with van der Waals surface area (Å²) in [5.41, 5.74) is 0.481. The molecule has 1 saturated heterocycles. The highest BCUT2D eigenvalue weighted by Crippen LogP contribution is 2.22. The van der Waals surface area contributed by atoms with Gasteiger partial charge in [0.1, 0.15) is 5.75 Å². The Morgan fingerprint density at radius 3 is 2.72 bits per heavy atom. The number of aliphatic hydroxyl groups excluding tert-OH is 1. The fourth-order valence-electron chi connectivity index (χ4n) is 2.69. The molecular formula is C18H19BrN2O4. The van der Waals surface area contributed by atoms with Crippen LogP contribution in [-0.4, -0.2) is 52.8 Å². The summed E-state index contributed by atoms with van der Waals surface area (Å²) in [5.74, 6) is 0.960. The van der Waals surface area contributed by atoms with E-state index < -0.39 is 0 Å². The van der Waals surface area contributed by atoms with E-state index in [-0.39, 0.29) is 24.7 Å². The van der Waals surface area contributed by atoms with Gasteiger partial charge in [-0.25, -0.2) is 4.98 Å². The van der Waals surface area contributed by atoms with Gasteiger partial charge in [0, 0.05) is 29.8 Å². The molecule has 132 valence electrons. The van der Waals surface area contributed by atoms with Gasteiger partial charge in [-0.3, -0.25) is 4.79 Å². The molecule has 1 amide bonds. The molecule has 0 spiro atoms. The Hall–Kier alpha value is -1.96. The SMILES string of the molecule is CC1CN(C(=O)c2ccc(Oc3ccc(Br)cc3)nc2)CC(CO)O1. The van der Waals surface area contributed by atoms with Crippen LogP contribution in [0, 0.1) is 0 Å². The first-order chi connectivity index (χ1) is 12.0. The quantitative estimate of drug-likeness (QED) is 0.844. The first kappa shape index (κ1) is 17.8. The molecule has 2 heterocycles. The molecule has 2 aromatic rings. The van der Waals surface area contributed by atoms with Crippen LogP contribution in [0.2, 0.25) is 0 Å². The maximum atomic E-state index is 12.6. The van der Waals surface area contributed by atoms with E-state index in [1.54, 1.807) is 17.0 Å². The van der Waals surface area contributed by atoms with Crippen molar-refractivity contribution in [2.24, 2.45) is 0 Å². The van der Waals surface area contributed by atoms with Crippen molar-refractivity contribution in [3.05, 3.63) is 52.6 Å². The average molecular weight is 407 g/mol. The number of hydrogen-bond acceptors (Lipinski definition) is 5. The molecule has 3 rings (SSSR count). The van der Waals surface area contributed by atoms with Crippen LogP contribution in [0.1, 0.15) is 17.3 Å². The zero-order valence-corrected chi connectivity index (χ0v) is 15.3. The number of aliphatic hydroxyl groups is 1. The summed E-state index contributed by atoms with van der Waals surface area (Å²) in [6.07, 6.45) is 1.05. The molecular weight excluding hydrogens is 388 g/mol. The van der Waals surface area contributed by atoms with Gasteiger partial charge in [0.2, 0.25) is 5.88 Å². The van der Waals surface area contributed by atoms with Crippen molar-refractivity contribution in [3.8, 4) is 11.6 Å². The fourth-order valence-corrected chi connectivity index (χ4v) is 2.95. The molecule has 7 heteroatoms. The lowest BCUT2D eigenvalue weighted by Gasteiger charge is -2.36. The number of pyridine rings is 1. The molecule has 1 fully saturated rings.